The summed E-state index contributed by atoms with van der Waals surface area (Å²) in [5, 5.41) is 19.3. The van der Waals surface area contributed by atoms with Crippen molar-refractivity contribution in [1.29, 1.82) is 0 Å². The summed E-state index contributed by atoms with van der Waals surface area (Å²) >= 11 is 0. The first-order valence-electron chi connectivity index (χ1n) is 12.3. The molecule has 0 bridgehead atoms. The summed E-state index contributed by atoms with van der Waals surface area (Å²) in [6.45, 7) is 4.66. The molecule has 1 saturated carbocycles. The van der Waals surface area contributed by atoms with Crippen LogP contribution in [0.1, 0.15) is 58.8 Å². The lowest BCUT2D eigenvalue weighted by molar-refractivity contribution is 0.238. The number of phenolic OH excluding ortho intramolecular Hbond substituents is 1. The molecule has 1 aliphatic rings. The van der Waals surface area contributed by atoms with E-state index in [-0.39, 0.29) is 17.0 Å². The average Bonchev–Trinajstić information content (AvgIpc) is 3.05. The Balaban J connectivity index is 1.56. The maximum Gasteiger partial charge on any atom is 0.216 e. The van der Waals surface area contributed by atoms with Gasteiger partial charge >= 0.3 is 0 Å². The number of anilines is 1. The van der Waals surface area contributed by atoms with Crippen molar-refractivity contribution in [1.82, 2.24) is 20.2 Å². The number of methoxy groups -OCH3 is 1. The molecule has 1 N–H and O–H groups in total. The Morgan fingerprint density at radius 2 is 1.97 bits per heavy atom. The molecular weight excluding hydrogens is 445 g/mol. The highest BCUT2D eigenvalue weighted by molar-refractivity contribution is 5.74. The van der Waals surface area contributed by atoms with Crippen LogP contribution in [0.3, 0.4) is 0 Å². The summed E-state index contributed by atoms with van der Waals surface area (Å²) in [6, 6.07) is 8.32. The molecule has 0 saturated heterocycles. The van der Waals surface area contributed by atoms with E-state index < -0.39 is 5.82 Å². The highest BCUT2D eigenvalue weighted by Gasteiger charge is 2.32. The highest BCUT2D eigenvalue weighted by Crippen LogP contribution is 2.41. The van der Waals surface area contributed by atoms with Crippen LogP contribution < -0.4 is 9.64 Å². The molecular formula is C27H34FN5O2. The number of hydrogen-bond acceptors (Lipinski definition) is 7. The number of hydrogen-bond donors (Lipinski definition) is 1. The van der Waals surface area contributed by atoms with Gasteiger partial charge in [0.25, 0.3) is 0 Å². The second-order valence-corrected chi connectivity index (χ2v) is 9.85. The van der Waals surface area contributed by atoms with Crippen LogP contribution in [0.4, 0.5) is 10.2 Å². The Hall–Kier alpha value is -3.29. The largest absolute Gasteiger partial charge is 0.507 e. The van der Waals surface area contributed by atoms with E-state index in [9.17, 15) is 5.11 Å². The number of benzene rings is 1. The Morgan fingerprint density at radius 3 is 2.66 bits per heavy atom. The Morgan fingerprint density at radius 1 is 1.14 bits per heavy atom. The number of rotatable bonds is 7. The van der Waals surface area contributed by atoms with Crippen molar-refractivity contribution >= 4 is 5.82 Å². The van der Waals surface area contributed by atoms with Gasteiger partial charge in [0.15, 0.2) is 5.82 Å². The van der Waals surface area contributed by atoms with E-state index in [0.717, 1.165) is 18.7 Å². The molecule has 0 amide bonds. The van der Waals surface area contributed by atoms with E-state index in [1.54, 1.807) is 12.1 Å². The number of aromatic hydroxyl groups is 1. The lowest BCUT2D eigenvalue weighted by atomic mass is 9.77. The van der Waals surface area contributed by atoms with E-state index in [1.807, 2.05) is 6.07 Å². The number of halogens is 1. The summed E-state index contributed by atoms with van der Waals surface area (Å²) < 4.78 is 20.2. The SMILES string of the molecule is CCC[C@]1(C)CCCC[C@H](N(C)c2ccc(-c3c(O)cc(-c4cc(OC)ncn4)cc3F)nn2)C1. The standard InChI is InChI=1S/C27H34FN5O2/c1-5-11-27(2)12-7-6-8-19(16-27)33(3)24-10-9-21(31-32-24)26-20(28)13-18(14-23(26)34)22-15-25(35-4)30-17-29-22/h9-10,13-15,17,19,34H,5-8,11-12,16H2,1-4H3/t19-,27+/m0/s1. The van der Waals surface area contributed by atoms with Gasteiger partial charge in [0, 0.05) is 24.7 Å². The van der Waals surface area contributed by atoms with Gasteiger partial charge in [-0.15, -0.1) is 10.2 Å². The van der Waals surface area contributed by atoms with Gasteiger partial charge in [0.2, 0.25) is 5.88 Å². The minimum atomic E-state index is -0.605. The van der Waals surface area contributed by atoms with Gasteiger partial charge in [-0.1, -0.05) is 33.1 Å². The van der Waals surface area contributed by atoms with E-state index in [1.165, 1.54) is 57.7 Å². The molecule has 2 aromatic heterocycles. The molecule has 4 rings (SSSR count). The van der Waals surface area contributed by atoms with E-state index in [4.69, 9.17) is 4.74 Å². The van der Waals surface area contributed by atoms with Gasteiger partial charge in [-0.2, -0.15) is 0 Å². The van der Waals surface area contributed by atoms with Crippen LogP contribution in [-0.4, -0.2) is 45.5 Å². The molecule has 0 unspecified atom stereocenters. The van der Waals surface area contributed by atoms with Crippen LogP contribution in [0.25, 0.3) is 22.5 Å². The van der Waals surface area contributed by atoms with Gasteiger partial charge < -0.3 is 14.7 Å². The zero-order valence-electron chi connectivity index (χ0n) is 21.0. The van der Waals surface area contributed by atoms with Crippen LogP contribution in [-0.2, 0) is 0 Å². The van der Waals surface area contributed by atoms with Crippen molar-refractivity contribution < 1.29 is 14.2 Å². The molecule has 1 fully saturated rings. The highest BCUT2D eigenvalue weighted by atomic mass is 19.1. The third-order valence-electron chi connectivity index (χ3n) is 7.18. The maximum atomic E-state index is 15.1. The fourth-order valence-electron chi connectivity index (χ4n) is 5.30. The molecule has 0 aliphatic heterocycles. The van der Waals surface area contributed by atoms with Gasteiger partial charge in [-0.25, -0.2) is 14.4 Å². The lowest BCUT2D eigenvalue weighted by Crippen LogP contribution is -2.36. The predicted molar refractivity (Wildman–Crippen MR) is 135 cm³/mol. The van der Waals surface area contributed by atoms with Gasteiger partial charge in [0.1, 0.15) is 17.9 Å². The van der Waals surface area contributed by atoms with Crippen LogP contribution in [0.5, 0.6) is 11.6 Å². The average molecular weight is 480 g/mol. The smallest absolute Gasteiger partial charge is 0.216 e. The number of nitrogens with zero attached hydrogens (tertiary/aromatic N) is 5. The summed E-state index contributed by atoms with van der Waals surface area (Å²) in [5.41, 5.74) is 1.50. The first-order valence-corrected chi connectivity index (χ1v) is 12.3. The van der Waals surface area contributed by atoms with E-state index >= 15 is 4.39 Å². The fraction of sp³-hybridized carbons (Fsp3) is 0.481. The summed E-state index contributed by atoms with van der Waals surface area (Å²) in [6.07, 6.45) is 9.77. The van der Waals surface area contributed by atoms with Gasteiger partial charge in [0.05, 0.1) is 24.1 Å². The van der Waals surface area contributed by atoms with E-state index in [2.05, 4.69) is 46.0 Å². The third kappa shape index (κ3) is 5.52. The quantitative estimate of drug-likeness (QED) is 0.414. The number of phenols is 1. The lowest BCUT2D eigenvalue weighted by Gasteiger charge is -2.35. The summed E-state index contributed by atoms with van der Waals surface area (Å²) in [4.78, 5) is 10.3. The van der Waals surface area contributed by atoms with Crippen molar-refractivity contribution in [2.75, 3.05) is 19.1 Å². The van der Waals surface area contributed by atoms with Crippen molar-refractivity contribution in [2.45, 2.75) is 64.8 Å². The third-order valence-corrected chi connectivity index (χ3v) is 7.18. The predicted octanol–water partition coefficient (Wildman–Crippen LogP) is 6.03. The Bertz CT molecular complexity index is 1130. The minimum absolute atomic E-state index is 0.0152. The summed E-state index contributed by atoms with van der Waals surface area (Å²) in [5.74, 6) is 0.275. The molecule has 3 aromatic rings. The van der Waals surface area contributed by atoms with Crippen LogP contribution in [0.2, 0.25) is 0 Å². The first-order chi connectivity index (χ1) is 16.8. The molecule has 8 heteroatoms. The van der Waals surface area contributed by atoms with Crippen LogP contribution in [0.15, 0.2) is 36.7 Å². The second-order valence-electron chi connectivity index (χ2n) is 9.85. The topological polar surface area (TPSA) is 84.3 Å². The molecule has 2 heterocycles. The maximum absolute atomic E-state index is 15.1. The van der Waals surface area contributed by atoms with Gasteiger partial charge in [-0.3, -0.25) is 0 Å². The molecule has 0 radical (unpaired) electrons. The first kappa shape index (κ1) is 24.8. The van der Waals surface area contributed by atoms with Crippen LogP contribution >= 0.6 is 0 Å². The zero-order chi connectivity index (χ0) is 25.0. The van der Waals surface area contributed by atoms with Crippen molar-refractivity contribution in [3.05, 3.63) is 42.5 Å². The molecule has 1 aliphatic carbocycles. The Kier molecular flexibility index (Phi) is 7.48. The molecule has 1 aromatic carbocycles. The number of aromatic nitrogens is 4. The molecule has 2 atom stereocenters. The molecule has 35 heavy (non-hydrogen) atoms. The summed E-state index contributed by atoms with van der Waals surface area (Å²) in [7, 11) is 3.56. The monoisotopic (exact) mass is 479 g/mol. The molecule has 7 nitrogen and oxygen atoms in total. The second kappa shape index (κ2) is 10.5. The molecule has 186 valence electrons. The van der Waals surface area contributed by atoms with Crippen molar-refractivity contribution in [3.8, 4) is 34.1 Å². The normalized spacial score (nSPS) is 20.3. The van der Waals surface area contributed by atoms with Crippen LogP contribution in [0, 0.1) is 11.2 Å². The van der Waals surface area contributed by atoms with Crippen molar-refractivity contribution in [2.24, 2.45) is 5.41 Å². The van der Waals surface area contributed by atoms with E-state index in [0.29, 0.717) is 28.6 Å². The number of ether oxygens (including phenoxy) is 1. The fourth-order valence-corrected chi connectivity index (χ4v) is 5.30. The minimum Gasteiger partial charge on any atom is -0.507 e. The van der Waals surface area contributed by atoms with Crippen molar-refractivity contribution in [3.63, 3.8) is 0 Å². The zero-order valence-corrected chi connectivity index (χ0v) is 21.0. The van der Waals surface area contributed by atoms with Gasteiger partial charge in [-0.05, 0) is 55.4 Å². The Labute approximate surface area is 206 Å². The molecule has 0 spiro atoms.